The molecule has 2 amide bonds. The van der Waals surface area contributed by atoms with Crippen LogP contribution in [0.25, 0.3) is 0 Å². The largest absolute Gasteiger partial charge is 0.480 e. The summed E-state index contributed by atoms with van der Waals surface area (Å²) in [4.78, 5) is 43.2. The fraction of sp³-hybridized carbons (Fsp3) is 0.591. The Kier molecular flexibility index (Phi) is 8.15. The second-order valence-corrected chi connectivity index (χ2v) is 8.56. The van der Waals surface area contributed by atoms with Crippen LogP contribution in [0.4, 0.5) is 0 Å². The van der Waals surface area contributed by atoms with Crippen LogP contribution < -0.4 is 21.8 Å². The predicted octanol–water partition coefficient (Wildman–Crippen LogP) is -1.22. The first-order valence-electron chi connectivity index (χ1n) is 11.2. The number of hydrogen-bond acceptors (Lipinski definition) is 5. The molecule has 0 aromatic carbocycles. The van der Waals surface area contributed by atoms with Gasteiger partial charge in [-0.25, -0.2) is 4.98 Å². The van der Waals surface area contributed by atoms with Gasteiger partial charge in [-0.1, -0.05) is 25.3 Å². The van der Waals surface area contributed by atoms with E-state index in [0.717, 1.165) is 44.1 Å². The molecule has 2 atom stereocenters. The Morgan fingerprint density at radius 3 is 2.56 bits per heavy atom. The summed E-state index contributed by atoms with van der Waals surface area (Å²) < 4.78 is 0. The number of carbonyl (C=O) groups excluding carboxylic acids is 2. The normalized spacial score (nSPS) is 20.0. The fourth-order valence-electron chi connectivity index (χ4n) is 4.61. The first-order chi connectivity index (χ1) is 15.4. The van der Waals surface area contributed by atoms with E-state index in [1.54, 1.807) is 23.2 Å². The third-order valence-electron chi connectivity index (χ3n) is 6.29. The summed E-state index contributed by atoms with van der Waals surface area (Å²) in [6, 6.07) is 2.34. The van der Waals surface area contributed by atoms with E-state index in [9.17, 15) is 14.4 Å². The first kappa shape index (κ1) is 23.6. The Bertz CT molecular complexity index is 837. The summed E-state index contributed by atoms with van der Waals surface area (Å²) in [6.45, 7) is 0.501. The number of hydrogen-bond donors (Lipinski definition) is 5. The molecule has 32 heavy (non-hydrogen) atoms. The third-order valence-corrected chi connectivity index (χ3v) is 6.29. The molecule has 2 aliphatic rings. The maximum Gasteiger partial charge on any atom is 0.317 e. The number of pyridine rings is 1. The van der Waals surface area contributed by atoms with Crippen molar-refractivity contribution in [1.29, 1.82) is 0 Å². The average molecular weight is 446 g/mol. The first-order valence-corrected chi connectivity index (χ1v) is 11.2. The molecule has 0 radical (unpaired) electrons. The number of aliphatic carboxylic acids is 1. The minimum absolute atomic E-state index is 0.0938. The summed E-state index contributed by atoms with van der Waals surface area (Å²) in [5.74, 6) is -1.16. The molecule has 1 aromatic rings. The molecular weight excluding hydrogens is 412 g/mol. The molecule has 2 heterocycles. The number of nitrogens with zero attached hydrogens (tertiary/aromatic N) is 2. The van der Waals surface area contributed by atoms with E-state index in [-0.39, 0.29) is 36.7 Å². The van der Waals surface area contributed by atoms with E-state index in [1.165, 1.54) is 0 Å². The van der Waals surface area contributed by atoms with E-state index in [0.29, 0.717) is 18.7 Å². The average Bonchev–Trinajstić information content (AvgIpc) is 3.28. The van der Waals surface area contributed by atoms with Gasteiger partial charge in [-0.05, 0) is 43.2 Å². The standard InChI is InChI=1S/C22H32N6O4/c23-20(24)16-9-8-14(11-25-16)12-27-21(31)17-7-4-10-28(17)22(32)19(26-13-18(29)30)15-5-2-1-3-6-15/h8-9,11,15,17,19,26H,1-7,10,12-13H2,(H3,23,24)(H,27,31)(H,29,30)/p+1. The van der Waals surface area contributed by atoms with Crippen LogP contribution >= 0.6 is 0 Å². The van der Waals surface area contributed by atoms with Crippen molar-refractivity contribution in [2.24, 2.45) is 11.7 Å². The van der Waals surface area contributed by atoms with E-state index >= 15 is 0 Å². The molecule has 0 bridgehead atoms. The molecule has 7 N–H and O–H groups in total. The fourth-order valence-corrected chi connectivity index (χ4v) is 4.61. The molecule has 1 aliphatic heterocycles. The van der Waals surface area contributed by atoms with Gasteiger partial charge in [-0.15, -0.1) is 0 Å². The minimum atomic E-state index is -0.997. The number of nitrogens with two attached hydrogens (primary N) is 2. The molecule has 0 spiro atoms. The molecule has 2 unspecified atom stereocenters. The highest BCUT2D eigenvalue weighted by molar-refractivity contribution is 5.91. The Morgan fingerprint density at radius 2 is 1.94 bits per heavy atom. The van der Waals surface area contributed by atoms with Gasteiger partial charge in [-0.2, -0.15) is 0 Å². The zero-order valence-electron chi connectivity index (χ0n) is 18.3. The summed E-state index contributed by atoms with van der Waals surface area (Å²) in [6.07, 6.45) is 7.91. The molecule has 1 aromatic heterocycles. The second-order valence-electron chi connectivity index (χ2n) is 8.56. The van der Waals surface area contributed by atoms with Crippen LogP contribution in [0.2, 0.25) is 0 Å². The number of rotatable bonds is 9. The molecule has 174 valence electrons. The Morgan fingerprint density at radius 1 is 1.19 bits per heavy atom. The number of aromatic nitrogens is 1. The smallest absolute Gasteiger partial charge is 0.317 e. The lowest BCUT2D eigenvalue weighted by Crippen LogP contribution is -2.55. The maximum atomic E-state index is 13.4. The summed E-state index contributed by atoms with van der Waals surface area (Å²) in [5, 5.41) is 20.4. The maximum absolute atomic E-state index is 13.4. The number of amides is 2. The monoisotopic (exact) mass is 445 g/mol. The Balaban J connectivity index is 1.63. The summed E-state index contributed by atoms with van der Waals surface area (Å²) in [5.41, 5.74) is 6.79. The van der Waals surface area contributed by atoms with Crippen molar-refractivity contribution in [2.75, 3.05) is 13.1 Å². The van der Waals surface area contributed by atoms with Gasteiger partial charge >= 0.3 is 5.97 Å². The molecule has 3 rings (SSSR count). The van der Waals surface area contributed by atoms with Crippen molar-refractivity contribution in [1.82, 2.24) is 20.5 Å². The van der Waals surface area contributed by atoms with Crippen molar-refractivity contribution in [3.8, 4) is 0 Å². The number of carboxylic acid groups (broad SMARTS) is 1. The SMILES string of the molecule is NC(=[NH2+])c1ccc(CNC(=O)C2CCCN2C(=O)C(NCC(=O)O)C2CCCCC2)cn1. The van der Waals surface area contributed by atoms with Gasteiger partial charge in [0, 0.05) is 19.3 Å². The lowest BCUT2D eigenvalue weighted by molar-refractivity contribution is -0.142. The van der Waals surface area contributed by atoms with Crippen LogP contribution in [0.15, 0.2) is 18.3 Å². The van der Waals surface area contributed by atoms with Gasteiger partial charge in [-0.3, -0.25) is 30.8 Å². The number of carbonyl (C=O) groups is 3. The Labute approximate surface area is 187 Å². The number of carboxylic acids is 1. The van der Waals surface area contributed by atoms with Crippen LogP contribution in [0.3, 0.4) is 0 Å². The van der Waals surface area contributed by atoms with Gasteiger partial charge in [0.25, 0.3) is 5.84 Å². The highest BCUT2D eigenvalue weighted by Gasteiger charge is 2.39. The van der Waals surface area contributed by atoms with Crippen LogP contribution in [0, 0.1) is 5.92 Å². The molecule has 1 saturated carbocycles. The van der Waals surface area contributed by atoms with E-state index in [2.05, 4.69) is 15.6 Å². The van der Waals surface area contributed by atoms with Crippen molar-refractivity contribution in [3.63, 3.8) is 0 Å². The predicted molar refractivity (Wildman–Crippen MR) is 117 cm³/mol. The Hall–Kier alpha value is -3.01. The summed E-state index contributed by atoms with van der Waals surface area (Å²) in [7, 11) is 0. The zero-order chi connectivity index (χ0) is 23.1. The van der Waals surface area contributed by atoms with Gasteiger partial charge in [0.2, 0.25) is 11.8 Å². The van der Waals surface area contributed by atoms with Crippen molar-refractivity contribution >= 4 is 23.6 Å². The van der Waals surface area contributed by atoms with Crippen LogP contribution in [0.1, 0.15) is 56.2 Å². The quantitative estimate of drug-likeness (QED) is 0.235. The number of amidine groups is 1. The van der Waals surface area contributed by atoms with Gasteiger partial charge in [0.1, 0.15) is 6.04 Å². The lowest BCUT2D eigenvalue weighted by Gasteiger charge is -2.34. The van der Waals surface area contributed by atoms with Crippen LogP contribution in [0.5, 0.6) is 0 Å². The second kappa shape index (κ2) is 11.0. The van der Waals surface area contributed by atoms with Gasteiger partial charge < -0.3 is 15.3 Å². The number of nitrogens with one attached hydrogen (secondary N) is 2. The third kappa shape index (κ3) is 6.03. The van der Waals surface area contributed by atoms with E-state index in [1.807, 2.05) is 0 Å². The van der Waals surface area contributed by atoms with E-state index in [4.69, 9.17) is 16.2 Å². The molecule has 10 heteroatoms. The van der Waals surface area contributed by atoms with Gasteiger partial charge in [0.15, 0.2) is 5.69 Å². The van der Waals surface area contributed by atoms with Crippen molar-refractivity contribution < 1.29 is 24.9 Å². The molecule has 1 aliphatic carbocycles. The zero-order valence-corrected chi connectivity index (χ0v) is 18.3. The molecule has 2 fully saturated rings. The molecule has 10 nitrogen and oxygen atoms in total. The van der Waals surface area contributed by atoms with Crippen LogP contribution in [-0.2, 0) is 20.9 Å². The highest BCUT2D eigenvalue weighted by Crippen LogP contribution is 2.29. The van der Waals surface area contributed by atoms with Crippen molar-refractivity contribution in [3.05, 3.63) is 29.6 Å². The lowest BCUT2D eigenvalue weighted by atomic mass is 9.83. The topological polar surface area (TPSA) is 163 Å². The van der Waals surface area contributed by atoms with Crippen LogP contribution in [-0.4, -0.2) is 63.8 Å². The molecule has 1 saturated heterocycles. The number of likely N-dealkylation sites (tertiary alicyclic amines) is 1. The van der Waals surface area contributed by atoms with Crippen molar-refractivity contribution in [2.45, 2.75) is 63.6 Å². The van der Waals surface area contributed by atoms with Gasteiger partial charge in [0.05, 0.1) is 12.6 Å². The van der Waals surface area contributed by atoms with E-state index < -0.39 is 18.1 Å². The molecular formula is C22H33N6O4+. The summed E-state index contributed by atoms with van der Waals surface area (Å²) >= 11 is 0. The highest BCUT2D eigenvalue weighted by atomic mass is 16.4. The minimum Gasteiger partial charge on any atom is -0.480 e.